The number of nitrogens with one attached hydrogen (secondary N) is 1. The summed E-state index contributed by atoms with van der Waals surface area (Å²) in [6, 6.07) is 10.9. The van der Waals surface area contributed by atoms with Crippen LogP contribution in [0, 0.1) is 32.1 Å². The molecule has 0 aliphatic carbocycles. The van der Waals surface area contributed by atoms with Crippen LogP contribution in [0.4, 0.5) is 14.6 Å². The Balaban J connectivity index is 1.59. The van der Waals surface area contributed by atoms with Gasteiger partial charge in [-0.05, 0) is 43.7 Å². The molecule has 0 aliphatic rings. The summed E-state index contributed by atoms with van der Waals surface area (Å²) < 4.78 is 30.4. The number of rotatable bonds is 5. The first-order chi connectivity index (χ1) is 15.9. The maximum absolute atomic E-state index is 14.8. The van der Waals surface area contributed by atoms with Crippen LogP contribution in [0.1, 0.15) is 27.4 Å². The molecule has 3 aromatic heterocycles. The number of benzene rings is 1. The van der Waals surface area contributed by atoms with Crippen molar-refractivity contribution in [2.45, 2.75) is 20.4 Å². The van der Waals surface area contributed by atoms with Gasteiger partial charge in [0.25, 0.3) is 5.91 Å². The van der Waals surface area contributed by atoms with Crippen molar-refractivity contribution >= 4 is 11.7 Å². The third-order valence-electron chi connectivity index (χ3n) is 5.13. The van der Waals surface area contributed by atoms with Gasteiger partial charge in [0.2, 0.25) is 0 Å². The van der Waals surface area contributed by atoms with E-state index < -0.39 is 17.5 Å². The predicted molar refractivity (Wildman–Crippen MR) is 118 cm³/mol. The molecule has 0 spiro atoms. The van der Waals surface area contributed by atoms with E-state index in [4.69, 9.17) is 6.57 Å². The minimum atomic E-state index is -0.736. The van der Waals surface area contributed by atoms with Gasteiger partial charge in [0.1, 0.15) is 23.4 Å². The molecule has 4 rings (SSSR count). The van der Waals surface area contributed by atoms with Gasteiger partial charge in [-0.3, -0.25) is 9.78 Å². The van der Waals surface area contributed by atoms with Gasteiger partial charge in [-0.25, -0.2) is 13.5 Å². The third-order valence-corrected chi connectivity index (χ3v) is 5.13. The smallest absolute Gasteiger partial charge is 0.305 e. The molecule has 7 nitrogen and oxygen atoms in total. The van der Waals surface area contributed by atoms with Crippen LogP contribution in [-0.2, 0) is 6.54 Å². The molecule has 0 fully saturated rings. The summed E-state index contributed by atoms with van der Waals surface area (Å²) in [5, 5.41) is 7.10. The molecule has 9 heteroatoms. The minimum absolute atomic E-state index is 0.0110. The second kappa shape index (κ2) is 8.96. The minimum Gasteiger partial charge on any atom is -0.358 e. The highest BCUT2D eigenvalue weighted by Crippen LogP contribution is 2.30. The monoisotopic (exact) mass is 444 g/mol. The van der Waals surface area contributed by atoms with Crippen molar-refractivity contribution in [3.63, 3.8) is 0 Å². The fourth-order valence-electron chi connectivity index (χ4n) is 3.54. The number of hydrogen-bond donors (Lipinski definition) is 1. The number of aromatic nitrogens is 4. The van der Waals surface area contributed by atoms with Crippen LogP contribution >= 0.6 is 0 Å². The Morgan fingerprint density at radius 3 is 2.61 bits per heavy atom. The number of halogens is 2. The van der Waals surface area contributed by atoms with Crippen molar-refractivity contribution in [3.05, 3.63) is 101 Å². The molecular formula is C24H18F2N6O. The molecule has 4 aromatic rings. The van der Waals surface area contributed by atoms with Gasteiger partial charge in [-0.2, -0.15) is 5.10 Å². The van der Waals surface area contributed by atoms with Gasteiger partial charge in [0.05, 0.1) is 5.69 Å². The first-order valence-corrected chi connectivity index (χ1v) is 9.96. The molecule has 1 amide bonds. The van der Waals surface area contributed by atoms with Crippen LogP contribution in [0.25, 0.3) is 21.7 Å². The number of carbonyl (C=O) groups excluding carboxylic acids is 1. The molecule has 0 atom stereocenters. The van der Waals surface area contributed by atoms with Gasteiger partial charge in [0.15, 0.2) is 5.82 Å². The molecule has 0 radical (unpaired) electrons. The molecular weight excluding hydrogens is 426 g/mol. The normalized spacial score (nSPS) is 10.6. The lowest BCUT2D eigenvalue weighted by Gasteiger charge is -2.09. The van der Waals surface area contributed by atoms with E-state index >= 15 is 0 Å². The highest BCUT2D eigenvalue weighted by molar-refractivity contribution is 5.92. The number of carbonyl (C=O) groups is 1. The highest BCUT2D eigenvalue weighted by Gasteiger charge is 2.18. The number of pyridine rings is 2. The lowest BCUT2D eigenvalue weighted by Crippen LogP contribution is -2.24. The Bertz CT molecular complexity index is 1390. The molecule has 1 N–H and O–H groups in total. The summed E-state index contributed by atoms with van der Waals surface area (Å²) in [4.78, 5) is 23.0. The summed E-state index contributed by atoms with van der Waals surface area (Å²) in [5.74, 6) is -1.92. The molecule has 0 bridgehead atoms. The molecule has 33 heavy (non-hydrogen) atoms. The van der Waals surface area contributed by atoms with Crippen LogP contribution in [0.3, 0.4) is 0 Å². The first kappa shape index (κ1) is 21.8. The van der Waals surface area contributed by atoms with Crippen molar-refractivity contribution < 1.29 is 13.6 Å². The molecule has 164 valence electrons. The molecule has 0 saturated heterocycles. The topological polar surface area (TPSA) is 77.1 Å². The van der Waals surface area contributed by atoms with Crippen molar-refractivity contribution in [1.82, 2.24) is 25.1 Å². The summed E-state index contributed by atoms with van der Waals surface area (Å²) in [7, 11) is 0. The quantitative estimate of drug-likeness (QED) is 0.453. The Morgan fingerprint density at radius 1 is 1.12 bits per heavy atom. The standard InChI is InChI=1S/C24H18F2N6O/c1-14-22(15(2)32(31-14)18-11-20(26)23(27-3)29-13-18)16-7-8-17(19(25)10-16)12-30-24(33)21-6-4-5-9-28-21/h4-11,13H,12H2,1-2H3,(H,30,33). The molecule has 3 heterocycles. The maximum atomic E-state index is 14.8. The van der Waals surface area contributed by atoms with E-state index in [2.05, 4.69) is 25.2 Å². The van der Waals surface area contributed by atoms with E-state index in [0.29, 0.717) is 33.8 Å². The van der Waals surface area contributed by atoms with E-state index in [1.165, 1.54) is 29.2 Å². The molecule has 0 saturated carbocycles. The second-order valence-corrected chi connectivity index (χ2v) is 7.27. The summed E-state index contributed by atoms with van der Waals surface area (Å²) in [6.45, 7) is 10.5. The Labute approximate surface area is 188 Å². The SMILES string of the molecule is [C-]#[N+]c1ncc(-n2nc(C)c(-c3ccc(CNC(=O)c4ccccn4)c(F)c3)c2C)cc1F. The van der Waals surface area contributed by atoms with E-state index in [1.807, 2.05) is 0 Å². The van der Waals surface area contributed by atoms with E-state index in [-0.39, 0.29) is 18.1 Å². The largest absolute Gasteiger partial charge is 0.358 e. The number of aryl methyl sites for hydroxylation is 1. The molecule has 0 unspecified atom stereocenters. The van der Waals surface area contributed by atoms with E-state index in [0.717, 1.165) is 0 Å². The second-order valence-electron chi connectivity index (χ2n) is 7.27. The van der Waals surface area contributed by atoms with Crippen molar-refractivity contribution in [1.29, 1.82) is 0 Å². The van der Waals surface area contributed by atoms with Crippen molar-refractivity contribution in [2.75, 3.05) is 0 Å². The zero-order valence-electron chi connectivity index (χ0n) is 17.8. The van der Waals surface area contributed by atoms with Crippen molar-refractivity contribution in [2.24, 2.45) is 0 Å². The number of nitrogens with zero attached hydrogens (tertiary/aromatic N) is 5. The fourth-order valence-corrected chi connectivity index (χ4v) is 3.54. The average molecular weight is 444 g/mol. The van der Waals surface area contributed by atoms with Crippen LogP contribution in [0.2, 0.25) is 0 Å². The van der Waals surface area contributed by atoms with Gasteiger partial charge >= 0.3 is 5.82 Å². The Kier molecular flexibility index (Phi) is 5.91. The third kappa shape index (κ3) is 4.32. The number of amides is 1. The molecule has 1 aromatic carbocycles. The zero-order valence-corrected chi connectivity index (χ0v) is 17.8. The highest BCUT2D eigenvalue weighted by atomic mass is 19.1. The van der Waals surface area contributed by atoms with Gasteiger partial charge in [0, 0.05) is 29.6 Å². The predicted octanol–water partition coefficient (Wildman–Crippen LogP) is 4.71. The van der Waals surface area contributed by atoms with Gasteiger partial charge < -0.3 is 10.2 Å². The summed E-state index contributed by atoms with van der Waals surface area (Å²) in [5.41, 5.74) is 3.53. The zero-order chi connectivity index (χ0) is 23.5. The van der Waals surface area contributed by atoms with Gasteiger partial charge in [-0.1, -0.05) is 24.8 Å². The molecule has 0 aliphatic heterocycles. The van der Waals surface area contributed by atoms with E-state index in [1.54, 1.807) is 44.2 Å². The lowest BCUT2D eigenvalue weighted by molar-refractivity contribution is 0.0945. The van der Waals surface area contributed by atoms with Crippen molar-refractivity contribution in [3.8, 4) is 16.8 Å². The lowest BCUT2D eigenvalue weighted by atomic mass is 10.0. The van der Waals surface area contributed by atoms with Crippen LogP contribution in [0.15, 0.2) is 54.9 Å². The van der Waals surface area contributed by atoms with Crippen LogP contribution in [0.5, 0.6) is 0 Å². The number of hydrogen-bond acceptors (Lipinski definition) is 4. The van der Waals surface area contributed by atoms with Gasteiger partial charge in [-0.15, -0.1) is 4.98 Å². The van der Waals surface area contributed by atoms with Crippen LogP contribution in [-0.4, -0.2) is 25.7 Å². The summed E-state index contributed by atoms with van der Waals surface area (Å²) >= 11 is 0. The Morgan fingerprint density at radius 2 is 1.94 bits per heavy atom. The first-order valence-electron chi connectivity index (χ1n) is 9.96. The van der Waals surface area contributed by atoms with Crippen LogP contribution < -0.4 is 5.32 Å². The maximum Gasteiger partial charge on any atom is 0.305 e. The Hall–Kier alpha value is -4.45. The fraction of sp³-hybridized carbons (Fsp3) is 0.125. The van der Waals surface area contributed by atoms with E-state index in [9.17, 15) is 13.6 Å². The summed E-state index contributed by atoms with van der Waals surface area (Å²) in [6.07, 6.45) is 2.88. The average Bonchev–Trinajstić information content (AvgIpc) is 3.12.